The van der Waals surface area contributed by atoms with Crippen LogP contribution in [0, 0.1) is 5.92 Å². The van der Waals surface area contributed by atoms with Crippen molar-refractivity contribution < 1.29 is 4.79 Å². The monoisotopic (exact) mass is 218 g/mol. The second-order valence-electron chi connectivity index (χ2n) is 4.46. The molecular formula is C13H18N2O. The van der Waals surface area contributed by atoms with Gasteiger partial charge in [-0.2, -0.15) is 0 Å². The van der Waals surface area contributed by atoms with Crippen LogP contribution in [0.2, 0.25) is 0 Å². The quantitative estimate of drug-likeness (QED) is 0.739. The fourth-order valence-corrected chi connectivity index (χ4v) is 1.75. The number of nitrogens with one attached hydrogen (secondary N) is 1. The molecule has 0 unspecified atom stereocenters. The average molecular weight is 218 g/mol. The van der Waals surface area contributed by atoms with Crippen LogP contribution >= 0.6 is 0 Å². The molecule has 0 bridgehead atoms. The zero-order valence-electron chi connectivity index (χ0n) is 9.41. The first-order chi connectivity index (χ1) is 7.75. The first-order valence-electron chi connectivity index (χ1n) is 5.86. The Kier molecular flexibility index (Phi) is 3.44. The van der Waals surface area contributed by atoms with Crippen molar-refractivity contribution in [3.8, 4) is 0 Å². The van der Waals surface area contributed by atoms with E-state index in [1.54, 1.807) is 0 Å². The van der Waals surface area contributed by atoms with Gasteiger partial charge < -0.3 is 11.1 Å². The minimum atomic E-state index is 0.0681. The predicted octanol–water partition coefficient (Wildman–Crippen LogP) is 1.73. The van der Waals surface area contributed by atoms with Crippen LogP contribution in [0.15, 0.2) is 24.3 Å². The first kappa shape index (κ1) is 11.0. The standard InChI is InChI=1S/C13H18N2O/c14-12-4-2-1-3-11(12)9-13(16)15-8-7-10-5-6-10/h1-4,10H,5-9,14H2,(H,15,16). The molecule has 1 aliphatic carbocycles. The minimum absolute atomic E-state index is 0.0681. The van der Waals surface area contributed by atoms with E-state index in [-0.39, 0.29) is 5.91 Å². The molecule has 3 N–H and O–H groups in total. The van der Waals surface area contributed by atoms with Gasteiger partial charge in [-0.3, -0.25) is 4.79 Å². The Labute approximate surface area is 96.0 Å². The number of anilines is 1. The summed E-state index contributed by atoms with van der Waals surface area (Å²) < 4.78 is 0. The van der Waals surface area contributed by atoms with Crippen LogP contribution < -0.4 is 11.1 Å². The smallest absolute Gasteiger partial charge is 0.224 e. The fourth-order valence-electron chi connectivity index (χ4n) is 1.75. The molecule has 3 nitrogen and oxygen atoms in total. The molecule has 0 spiro atoms. The Morgan fingerprint density at radius 3 is 2.81 bits per heavy atom. The lowest BCUT2D eigenvalue weighted by Gasteiger charge is -2.06. The summed E-state index contributed by atoms with van der Waals surface area (Å²) in [6.07, 6.45) is 4.18. The number of benzene rings is 1. The SMILES string of the molecule is Nc1ccccc1CC(=O)NCCC1CC1. The number of amides is 1. The molecule has 0 atom stereocenters. The van der Waals surface area contributed by atoms with E-state index in [1.165, 1.54) is 12.8 Å². The summed E-state index contributed by atoms with van der Waals surface area (Å²) in [7, 11) is 0. The lowest BCUT2D eigenvalue weighted by Crippen LogP contribution is -2.26. The van der Waals surface area contributed by atoms with Crippen molar-refractivity contribution in [3.05, 3.63) is 29.8 Å². The zero-order valence-corrected chi connectivity index (χ0v) is 9.41. The van der Waals surface area contributed by atoms with Crippen LogP contribution in [0.1, 0.15) is 24.8 Å². The van der Waals surface area contributed by atoms with Crippen molar-refractivity contribution in [1.82, 2.24) is 5.32 Å². The van der Waals surface area contributed by atoms with Crippen LogP contribution in [-0.4, -0.2) is 12.5 Å². The highest BCUT2D eigenvalue weighted by Crippen LogP contribution is 2.31. The van der Waals surface area contributed by atoms with Crippen molar-refractivity contribution in [3.63, 3.8) is 0 Å². The number of para-hydroxylation sites is 1. The molecule has 1 aromatic rings. The lowest BCUT2D eigenvalue weighted by atomic mass is 10.1. The van der Waals surface area contributed by atoms with E-state index in [2.05, 4.69) is 5.32 Å². The third-order valence-electron chi connectivity index (χ3n) is 2.98. The van der Waals surface area contributed by atoms with Crippen LogP contribution in [0.5, 0.6) is 0 Å². The molecule has 3 heteroatoms. The van der Waals surface area contributed by atoms with Crippen LogP contribution in [-0.2, 0) is 11.2 Å². The van der Waals surface area contributed by atoms with Gasteiger partial charge >= 0.3 is 0 Å². The summed E-state index contributed by atoms with van der Waals surface area (Å²) in [6, 6.07) is 7.51. The number of nitrogen functional groups attached to an aromatic ring is 1. The largest absolute Gasteiger partial charge is 0.398 e. The molecule has 0 heterocycles. The Morgan fingerprint density at radius 1 is 1.38 bits per heavy atom. The summed E-state index contributed by atoms with van der Waals surface area (Å²) in [6.45, 7) is 0.802. The normalized spacial score (nSPS) is 14.8. The Balaban J connectivity index is 1.75. The minimum Gasteiger partial charge on any atom is -0.398 e. The number of carbonyl (C=O) groups is 1. The molecule has 2 rings (SSSR count). The second-order valence-corrected chi connectivity index (χ2v) is 4.46. The van der Waals surface area contributed by atoms with Crippen LogP contribution in [0.3, 0.4) is 0 Å². The molecule has 0 radical (unpaired) electrons. The van der Waals surface area contributed by atoms with Crippen molar-refractivity contribution in [2.24, 2.45) is 5.92 Å². The molecule has 1 fully saturated rings. The number of hydrogen-bond donors (Lipinski definition) is 2. The van der Waals surface area contributed by atoms with Crippen molar-refractivity contribution in [2.45, 2.75) is 25.7 Å². The third kappa shape index (κ3) is 3.26. The highest BCUT2D eigenvalue weighted by atomic mass is 16.1. The average Bonchev–Trinajstić information content (AvgIpc) is 3.05. The number of nitrogens with two attached hydrogens (primary N) is 1. The maximum atomic E-state index is 11.6. The van der Waals surface area contributed by atoms with E-state index >= 15 is 0 Å². The molecule has 86 valence electrons. The molecule has 1 aliphatic rings. The molecule has 1 amide bonds. The highest BCUT2D eigenvalue weighted by molar-refractivity contribution is 5.80. The Morgan fingerprint density at radius 2 is 2.12 bits per heavy atom. The predicted molar refractivity (Wildman–Crippen MR) is 64.9 cm³/mol. The van der Waals surface area contributed by atoms with E-state index in [9.17, 15) is 4.79 Å². The molecule has 0 aliphatic heterocycles. The van der Waals surface area contributed by atoms with Crippen LogP contribution in [0.25, 0.3) is 0 Å². The van der Waals surface area contributed by atoms with E-state index in [0.29, 0.717) is 12.1 Å². The molecule has 1 aromatic carbocycles. The van der Waals surface area contributed by atoms with Crippen molar-refractivity contribution in [2.75, 3.05) is 12.3 Å². The summed E-state index contributed by atoms with van der Waals surface area (Å²) in [5, 5.41) is 2.94. The fraction of sp³-hybridized carbons (Fsp3) is 0.462. The molecule has 16 heavy (non-hydrogen) atoms. The Bertz CT molecular complexity index is 372. The van der Waals surface area contributed by atoms with Gasteiger partial charge in [-0.25, -0.2) is 0 Å². The van der Waals surface area contributed by atoms with Crippen molar-refractivity contribution >= 4 is 11.6 Å². The van der Waals surface area contributed by atoms with E-state index in [1.807, 2.05) is 24.3 Å². The molecule has 0 saturated heterocycles. The molecule has 0 aromatic heterocycles. The zero-order chi connectivity index (χ0) is 11.4. The third-order valence-corrected chi connectivity index (χ3v) is 2.98. The summed E-state index contributed by atoms with van der Waals surface area (Å²) >= 11 is 0. The highest BCUT2D eigenvalue weighted by Gasteiger charge is 2.20. The van der Waals surface area contributed by atoms with Crippen LogP contribution in [0.4, 0.5) is 5.69 Å². The van der Waals surface area contributed by atoms with Crippen molar-refractivity contribution in [1.29, 1.82) is 0 Å². The van der Waals surface area contributed by atoms with E-state index in [4.69, 9.17) is 5.73 Å². The first-order valence-corrected chi connectivity index (χ1v) is 5.86. The topological polar surface area (TPSA) is 55.1 Å². The maximum absolute atomic E-state index is 11.6. The number of carbonyl (C=O) groups excluding carboxylic acids is 1. The second kappa shape index (κ2) is 5.01. The van der Waals surface area contributed by atoms with E-state index < -0.39 is 0 Å². The molecule has 1 saturated carbocycles. The van der Waals surface area contributed by atoms with Gasteiger partial charge in [-0.15, -0.1) is 0 Å². The van der Waals surface area contributed by atoms with Gasteiger partial charge in [-0.1, -0.05) is 31.0 Å². The lowest BCUT2D eigenvalue weighted by molar-refractivity contribution is -0.120. The Hall–Kier alpha value is -1.51. The van der Waals surface area contributed by atoms with Gasteiger partial charge in [0.1, 0.15) is 0 Å². The molecular weight excluding hydrogens is 200 g/mol. The van der Waals surface area contributed by atoms with Gasteiger partial charge in [0.2, 0.25) is 5.91 Å². The van der Waals surface area contributed by atoms with Gasteiger partial charge in [-0.05, 0) is 24.0 Å². The summed E-state index contributed by atoms with van der Waals surface area (Å²) in [5.74, 6) is 0.931. The van der Waals surface area contributed by atoms with Gasteiger partial charge in [0.05, 0.1) is 6.42 Å². The van der Waals surface area contributed by atoms with Gasteiger partial charge in [0.15, 0.2) is 0 Å². The summed E-state index contributed by atoms with van der Waals surface area (Å²) in [5.41, 5.74) is 7.38. The van der Waals surface area contributed by atoms with Gasteiger partial charge in [0, 0.05) is 12.2 Å². The summed E-state index contributed by atoms with van der Waals surface area (Å²) in [4.78, 5) is 11.6. The number of rotatable bonds is 5. The number of hydrogen-bond acceptors (Lipinski definition) is 2. The van der Waals surface area contributed by atoms with E-state index in [0.717, 1.165) is 24.4 Å². The van der Waals surface area contributed by atoms with Gasteiger partial charge in [0.25, 0.3) is 0 Å². The maximum Gasteiger partial charge on any atom is 0.224 e.